The summed E-state index contributed by atoms with van der Waals surface area (Å²) in [5.41, 5.74) is 1.68. The molecule has 2 heterocycles. The number of urea groups is 1. The van der Waals surface area contributed by atoms with Crippen molar-refractivity contribution in [3.8, 4) is 5.88 Å². The van der Waals surface area contributed by atoms with Crippen molar-refractivity contribution in [3.63, 3.8) is 0 Å². The van der Waals surface area contributed by atoms with Gasteiger partial charge in [0, 0.05) is 24.7 Å². The Hall–Kier alpha value is -3.13. The molecule has 1 spiro atoms. The van der Waals surface area contributed by atoms with Crippen molar-refractivity contribution in [1.82, 2.24) is 19.7 Å². The number of hydrogen-bond acceptors (Lipinski definition) is 5. The van der Waals surface area contributed by atoms with Gasteiger partial charge in [-0.15, -0.1) is 0 Å². The van der Waals surface area contributed by atoms with E-state index in [1.165, 1.54) is 24.8 Å². The number of hydrogen-bond donors (Lipinski definition) is 1. The molecule has 0 radical (unpaired) electrons. The number of nitrogens with zero attached hydrogens (tertiary/aromatic N) is 4. The highest BCUT2D eigenvalue weighted by Gasteiger charge is 2.55. The molecule has 198 valence electrons. The molecule has 0 bridgehead atoms. The van der Waals surface area contributed by atoms with Crippen LogP contribution in [0.2, 0.25) is 0 Å². The van der Waals surface area contributed by atoms with Gasteiger partial charge in [0.2, 0.25) is 11.8 Å². The second-order valence-corrected chi connectivity index (χ2v) is 11.2. The van der Waals surface area contributed by atoms with Crippen LogP contribution in [0, 0.1) is 5.92 Å². The van der Waals surface area contributed by atoms with E-state index in [-0.39, 0.29) is 29.6 Å². The molecular weight excluding hydrogens is 466 g/mol. The second kappa shape index (κ2) is 10.3. The van der Waals surface area contributed by atoms with Crippen LogP contribution in [0.3, 0.4) is 0 Å². The Balaban J connectivity index is 1.32. The van der Waals surface area contributed by atoms with E-state index < -0.39 is 0 Å². The van der Waals surface area contributed by atoms with Gasteiger partial charge < -0.3 is 19.9 Å². The maximum Gasteiger partial charge on any atom is 0.321 e. The lowest BCUT2D eigenvalue weighted by Gasteiger charge is -2.51. The number of nitrogens with one attached hydrogen (secondary N) is 1. The number of benzene rings is 1. The van der Waals surface area contributed by atoms with Gasteiger partial charge in [-0.3, -0.25) is 9.69 Å². The van der Waals surface area contributed by atoms with E-state index in [2.05, 4.69) is 64.5 Å². The minimum absolute atomic E-state index is 0.00645. The zero-order valence-electron chi connectivity index (χ0n) is 22.3. The average Bonchev–Trinajstić information content (AvgIpc) is 3.12. The minimum atomic E-state index is -0.219. The van der Waals surface area contributed by atoms with Crippen molar-refractivity contribution in [2.45, 2.75) is 56.0 Å². The number of aromatic nitrogens is 1. The molecule has 1 aliphatic heterocycles. The summed E-state index contributed by atoms with van der Waals surface area (Å²) in [7, 11) is 5.89. The summed E-state index contributed by atoms with van der Waals surface area (Å²) in [6, 6.07) is 14.2. The number of pyridine rings is 1. The third-order valence-corrected chi connectivity index (χ3v) is 8.96. The molecule has 1 aromatic carbocycles. The number of anilines is 1. The number of methoxy groups -OCH3 is 1. The first-order valence-corrected chi connectivity index (χ1v) is 13.4. The molecule has 8 heteroatoms. The van der Waals surface area contributed by atoms with Crippen molar-refractivity contribution in [3.05, 3.63) is 54.2 Å². The van der Waals surface area contributed by atoms with Crippen LogP contribution < -0.4 is 10.1 Å². The number of carbonyl (C=O) groups excluding carboxylic acids is 2. The minimum Gasteiger partial charge on any atom is -0.481 e. The quantitative estimate of drug-likeness (QED) is 0.578. The van der Waals surface area contributed by atoms with Crippen molar-refractivity contribution in [1.29, 1.82) is 0 Å². The second-order valence-electron chi connectivity index (χ2n) is 11.2. The summed E-state index contributed by atoms with van der Waals surface area (Å²) in [5.74, 6) is 0.862. The van der Waals surface area contributed by atoms with Crippen LogP contribution in [0.1, 0.15) is 50.5 Å². The Labute approximate surface area is 220 Å². The molecule has 1 saturated heterocycles. The van der Waals surface area contributed by atoms with E-state index in [1.54, 1.807) is 30.3 Å². The van der Waals surface area contributed by atoms with Crippen LogP contribution in [-0.2, 0) is 10.3 Å². The summed E-state index contributed by atoms with van der Waals surface area (Å²) in [6.07, 6.45) is 9.02. The van der Waals surface area contributed by atoms with Crippen LogP contribution in [0.5, 0.6) is 5.88 Å². The standard InChI is InChI=1S/C29H39N5O3/c1-32(2)29(23-10-5-4-6-11-23)16-14-28(15-17-29)21-33(27(36)34(28)19-22-8-7-9-22)20-25(35)31-24-12-13-26(37-3)30-18-24/h4-6,10-13,18,22H,7-9,14-17,19-21H2,1-3H3,(H,31,35)/t28-,29+. The molecule has 2 aliphatic carbocycles. The van der Waals surface area contributed by atoms with Crippen molar-refractivity contribution in [2.75, 3.05) is 46.2 Å². The highest BCUT2D eigenvalue weighted by Crippen LogP contribution is 2.49. The normalized spacial score (nSPS) is 26.0. The fourth-order valence-electron chi connectivity index (χ4n) is 6.46. The van der Waals surface area contributed by atoms with Gasteiger partial charge in [0.1, 0.15) is 6.54 Å². The first kappa shape index (κ1) is 25.5. The first-order chi connectivity index (χ1) is 17.8. The first-order valence-electron chi connectivity index (χ1n) is 13.4. The largest absolute Gasteiger partial charge is 0.481 e. The van der Waals surface area contributed by atoms with Crippen LogP contribution >= 0.6 is 0 Å². The lowest BCUT2D eigenvalue weighted by Crippen LogP contribution is -2.56. The third kappa shape index (κ3) is 4.91. The highest BCUT2D eigenvalue weighted by atomic mass is 16.5. The van der Waals surface area contributed by atoms with Gasteiger partial charge >= 0.3 is 6.03 Å². The average molecular weight is 506 g/mol. The van der Waals surface area contributed by atoms with Crippen molar-refractivity contribution < 1.29 is 14.3 Å². The topological polar surface area (TPSA) is 78.0 Å². The Morgan fingerprint density at radius 1 is 1.11 bits per heavy atom. The van der Waals surface area contributed by atoms with Gasteiger partial charge in [0.15, 0.2) is 0 Å². The van der Waals surface area contributed by atoms with Crippen molar-refractivity contribution >= 4 is 17.6 Å². The number of carbonyl (C=O) groups is 2. The number of rotatable bonds is 8. The molecule has 8 nitrogen and oxygen atoms in total. The third-order valence-electron chi connectivity index (χ3n) is 8.96. The molecular formula is C29H39N5O3. The molecule has 3 amide bonds. The Morgan fingerprint density at radius 3 is 2.41 bits per heavy atom. The molecule has 2 aromatic rings. The SMILES string of the molecule is COc1ccc(NC(=O)CN2C[C@]3(CC[C@](c4ccccc4)(N(C)C)CC3)N(CC3CCC3)C2=O)cn1. The van der Waals surface area contributed by atoms with E-state index in [1.807, 2.05) is 0 Å². The Kier molecular flexibility index (Phi) is 7.12. The number of ether oxygens (including phenoxy) is 1. The zero-order valence-corrected chi connectivity index (χ0v) is 22.3. The van der Waals surface area contributed by atoms with Gasteiger partial charge in [0.05, 0.1) is 24.5 Å². The zero-order chi connectivity index (χ0) is 26.0. The molecule has 0 unspecified atom stereocenters. The molecule has 0 atom stereocenters. The van der Waals surface area contributed by atoms with E-state index in [9.17, 15) is 9.59 Å². The lowest BCUT2D eigenvalue weighted by atomic mass is 9.68. The Bertz CT molecular complexity index is 1090. The monoisotopic (exact) mass is 505 g/mol. The van der Waals surface area contributed by atoms with Crippen LogP contribution in [0.25, 0.3) is 0 Å². The van der Waals surface area contributed by atoms with E-state index in [0.29, 0.717) is 24.0 Å². The predicted octanol–water partition coefficient (Wildman–Crippen LogP) is 4.34. The maximum absolute atomic E-state index is 13.7. The predicted molar refractivity (Wildman–Crippen MR) is 143 cm³/mol. The number of amides is 3. The molecule has 1 aromatic heterocycles. The van der Waals surface area contributed by atoms with E-state index in [0.717, 1.165) is 32.2 Å². The van der Waals surface area contributed by atoms with Gasteiger partial charge in [-0.05, 0) is 70.2 Å². The lowest BCUT2D eigenvalue weighted by molar-refractivity contribution is -0.116. The summed E-state index contributed by atoms with van der Waals surface area (Å²) >= 11 is 0. The van der Waals surface area contributed by atoms with Gasteiger partial charge in [-0.2, -0.15) is 0 Å². The Morgan fingerprint density at radius 2 is 1.84 bits per heavy atom. The molecule has 3 fully saturated rings. The van der Waals surface area contributed by atoms with Crippen molar-refractivity contribution in [2.24, 2.45) is 5.92 Å². The summed E-state index contributed by atoms with van der Waals surface area (Å²) in [6.45, 7) is 1.45. The maximum atomic E-state index is 13.7. The molecule has 5 rings (SSSR count). The highest BCUT2D eigenvalue weighted by molar-refractivity contribution is 5.94. The van der Waals surface area contributed by atoms with E-state index >= 15 is 0 Å². The van der Waals surface area contributed by atoms with Crippen LogP contribution in [-0.4, -0.2) is 78.0 Å². The van der Waals surface area contributed by atoms with E-state index in [4.69, 9.17) is 4.74 Å². The summed E-state index contributed by atoms with van der Waals surface area (Å²) in [5, 5.41) is 2.88. The van der Waals surface area contributed by atoms with Gasteiger partial charge in [-0.25, -0.2) is 9.78 Å². The molecule has 37 heavy (non-hydrogen) atoms. The molecule has 3 aliphatic rings. The molecule has 1 N–H and O–H groups in total. The molecule has 2 saturated carbocycles. The fourth-order valence-corrected chi connectivity index (χ4v) is 6.46. The van der Waals surface area contributed by atoms with Gasteiger partial charge in [-0.1, -0.05) is 36.8 Å². The smallest absolute Gasteiger partial charge is 0.321 e. The fraction of sp³-hybridized carbons (Fsp3) is 0.552. The summed E-state index contributed by atoms with van der Waals surface area (Å²) in [4.78, 5) is 37.1. The van der Waals surface area contributed by atoms with Gasteiger partial charge in [0.25, 0.3) is 0 Å². The van der Waals surface area contributed by atoms with Crippen LogP contribution in [0.15, 0.2) is 48.7 Å². The van der Waals surface area contributed by atoms with Crippen LogP contribution in [0.4, 0.5) is 10.5 Å². The summed E-state index contributed by atoms with van der Waals surface area (Å²) < 4.78 is 5.09.